The zero-order chi connectivity index (χ0) is 19.2. The Morgan fingerprint density at radius 2 is 1.63 bits per heavy atom. The van der Waals surface area contributed by atoms with E-state index in [4.69, 9.17) is 9.47 Å². The number of carbonyl (C=O) groups is 1. The van der Waals surface area contributed by atoms with Crippen LogP contribution in [-0.2, 0) is 0 Å². The molecule has 27 heavy (non-hydrogen) atoms. The van der Waals surface area contributed by atoms with Gasteiger partial charge in [-0.05, 0) is 29.3 Å². The van der Waals surface area contributed by atoms with E-state index in [1.165, 1.54) is 25.3 Å². The minimum absolute atomic E-state index is 0.137. The second kappa shape index (κ2) is 8.01. The maximum atomic E-state index is 12.1. The average molecular weight is 364 g/mol. The molecule has 0 spiro atoms. The summed E-state index contributed by atoms with van der Waals surface area (Å²) in [6.45, 7) is 0. The van der Waals surface area contributed by atoms with Gasteiger partial charge in [0, 0.05) is 6.07 Å². The number of amides is 1. The van der Waals surface area contributed by atoms with Gasteiger partial charge in [0.25, 0.3) is 5.69 Å². The first-order chi connectivity index (χ1) is 13.1. The van der Waals surface area contributed by atoms with E-state index >= 15 is 0 Å². The number of rotatable bonds is 5. The van der Waals surface area contributed by atoms with Crippen LogP contribution in [0, 0.1) is 10.1 Å². The summed E-state index contributed by atoms with van der Waals surface area (Å²) >= 11 is 0. The Hall–Kier alpha value is -3.87. The molecule has 0 saturated carbocycles. The van der Waals surface area contributed by atoms with Crippen molar-refractivity contribution < 1.29 is 19.2 Å². The molecule has 3 rings (SSSR count). The number of non-ortho nitro benzene ring substituents is 1. The zero-order valence-corrected chi connectivity index (χ0v) is 14.4. The second-order valence-corrected chi connectivity index (χ2v) is 5.55. The van der Waals surface area contributed by atoms with E-state index < -0.39 is 11.0 Å². The van der Waals surface area contributed by atoms with Gasteiger partial charge in [-0.25, -0.2) is 4.79 Å². The van der Waals surface area contributed by atoms with Gasteiger partial charge in [0.1, 0.15) is 11.5 Å². The molecule has 0 unspecified atom stereocenters. The molecule has 0 radical (unpaired) electrons. The van der Waals surface area contributed by atoms with Crippen LogP contribution >= 0.6 is 0 Å². The summed E-state index contributed by atoms with van der Waals surface area (Å²) in [4.78, 5) is 22.4. The molecule has 0 aromatic heterocycles. The van der Waals surface area contributed by atoms with E-state index in [0.29, 0.717) is 5.75 Å². The van der Waals surface area contributed by atoms with Crippen LogP contribution in [0.15, 0.2) is 72.8 Å². The molecule has 1 amide bonds. The molecule has 3 aromatic carbocycles. The molecule has 0 heterocycles. The van der Waals surface area contributed by atoms with Gasteiger partial charge in [-0.2, -0.15) is 0 Å². The number of nitro groups is 1. The lowest BCUT2D eigenvalue weighted by Gasteiger charge is -2.10. The summed E-state index contributed by atoms with van der Waals surface area (Å²) < 4.78 is 10.3. The maximum absolute atomic E-state index is 12.1. The third-order valence-corrected chi connectivity index (χ3v) is 3.80. The fourth-order valence-electron chi connectivity index (χ4n) is 2.49. The van der Waals surface area contributed by atoms with Crippen LogP contribution < -0.4 is 14.8 Å². The van der Waals surface area contributed by atoms with Gasteiger partial charge in [0.2, 0.25) is 0 Å². The van der Waals surface area contributed by atoms with Gasteiger partial charge >= 0.3 is 6.09 Å². The van der Waals surface area contributed by atoms with Crippen molar-refractivity contribution in [1.29, 1.82) is 0 Å². The number of nitrogens with zero attached hydrogens (tertiary/aromatic N) is 1. The number of ether oxygens (including phenoxy) is 2. The Morgan fingerprint density at radius 1 is 0.963 bits per heavy atom. The Kier molecular flexibility index (Phi) is 5.32. The molecular weight excluding hydrogens is 348 g/mol. The normalized spacial score (nSPS) is 10.1. The molecule has 0 saturated heterocycles. The predicted molar refractivity (Wildman–Crippen MR) is 101 cm³/mol. The van der Waals surface area contributed by atoms with Crippen molar-refractivity contribution in [2.75, 3.05) is 12.4 Å². The Bertz CT molecular complexity index is 956. The summed E-state index contributed by atoms with van der Waals surface area (Å²) in [6, 6.07) is 20.8. The topological polar surface area (TPSA) is 90.7 Å². The molecule has 0 aliphatic heterocycles. The van der Waals surface area contributed by atoms with Gasteiger partial charge in [-0.3, -0.25) is 15.4 Å². The second-order valence-electron chi connectivity index (χ2n) is 5.55. The summed E-state index contributed by atoms with van der Waals surface area (Å²) in [5.41, 5.74) is 2.20. The lowest BCUT2D eigenvalue weighted by molar-refractivity contribution is -0.384. The van der Waals surface area contributed by atoms with Crippen LogP contribution in [0.3, 0.4) is 0 Å². The monoisotopic (exact) mass is 364 g/mol. The Morgan fingerprint density at radius 3 is 2.26 bits per heavy atom. The fourth-order valence-corrected chi connectivity index (χ4v) is 2.49. The lowest BCUT2D eigenvalue weighted by atomic mass is 10.1. The highest BCUT2D eigenvalue weighted by atomic mass is 16.6. The molecule has 0 aliphatic carbocycles. The highest BCUT2D eigenvalue weighted by molar-refractivity contribution is 5.88. The van der Waals surface area contributed by atoms with Crippen LogP contribution in [0.1, 0.15) is 0 Å². The Balaban J connectivity index is 1.68. The first-order valence-electron chi connectivity index (χ1n) is 8.03. The lowest BCUT2D eigenvalue weighted by Crippen LogP contribution is -2.17. The van der Waals surface area contributed by atoms with Crippen molar-refractivity contribution in [3.8, 4) is 22.6 Å². The van der Waals surface area contributed by atoms with Crippen LogP contribution in [0.25, 0.3) is 11.1 Å². The number of hydrogen-bond acceptors (Lipinski definition) is 5. The number of carbonyl (C=O) groups excluding carboxylic acids is 1. The van der Waals surface area contributed by atoms with E-state index in [0.717, 1.165) is 11.1 Å². The van der Waals surface area contributed by atoms with Crippen molar-refractivity contribution in [2.24, 2.45) is 0 Å². The summed E-state index contributed by atoms with van der Waals surface area (Å²) in [7, 11) is 1.36. The largest absolute Gasteiger partial charge is 0.494 e. The number of benzene rings is 3. The zero-order valence-electron chi connectivity index (χ0n) is 14.4. The highest BCUT2D eigenvalue weighted by Gasteiger charge is 2.14. The number of nitrogens with one attached hydrogen (secondary N) is 1. The highest BCUT2D eigenvalue weighted by Crippen LogP contribution is 2.29. The van der Waals surface area contributed by atoms with Crippen LogP contribution in [-0.4, -0.2) is 18.1 Å². The minimum Gasteiger partial charge on any atom is -0.494 e. The molecule has 0 atom stereocenters. The van der Waals surface area contributed by atoms with Crippen molar-refractivity contribution in [3.05, 3.63) is 82.9 Å². The number of anilines is 1. The molecule has 0 fully saturated rings. The minimum atomic E-state index is -0.727. The van der Waals surface area contributed by atoms with Crippen molar-refractivity contribution in [3.63, 3.8) is 0 Å². The molecule has 7 heteroatoms. The van der Waals surface area contributed by atoms with Crippen molar-refractivity contribution in [2.45, 2.75) is 0 Å². The Labute approximate surface area is 155 Å². The standard InChI is InChI=1S/C20H16N2O5/c1-26-19-13-16(22(24)25)9-12-18(19)21-20(23)27-17-10-7-15(8-11-17)14-5-3-2-4-6-14/h2-13H,1H3,(H,21,23). The molecule has 3 aromatic rings. The predicted octanol–water partition coefficient (Wildman–Crippen LogP) is 4.88. The molecule has 0 aliphatic rings. The van der Waals surface area contributed by atoms with E-state index in [-0.39, 0.29) is 17.1 Å². The summed E-state index contributed by atoms with van der Waals surface area (Å²) in [5.74, 6) is 0.536. The van der Waals surface area contributed by atoms with E-state index in [9.17, 15) is 14.9 Å². The van der Waals surface area contributed by atoms with Gasteiger partial charge in [0.15, 0.2) is 0 Å². The van der Waals surface area contributed by atoms with Gasteiger partial charge in [0.05, 0.1) is 23.8 Å². The average Bonchev–Trinajstić information content (AvgIpc) is 2.69. The van der Waals surface area contributed by atoms with Crippen molar-refractivity contribution >= 4 is 17.5 Å². The third-order valence-electron chi connectivity index (χ3n) is 3.80. The van der Waals surface area contributed by atoms with Crippen LogP contribution in [0.2, 0.25) is 0 Å². The molecule has 136 valence electrons. The maximum Gasteiger partial charge on any atom is 0.417 e. The number of hydrogen-bond donors (Lipinski definition) is 1. The molecule has 0 bridgehead atoms. The first-order valence-corrected chi connectivity index (χ1v) is 8.03. The molecule has 7 nitrogen and oxygen atoms in total. The van der Waals surface area contributed by atoms with Gasteiger partial charge < -0.3 is 9.47 Å². The van der Waals surface area contributed by atoms with Crippen molar-refractivity contribution in [1.82, 2.24) is 0 Å². The van der Waals surface area contributed by atoms with E-state index in [1.54, 1.807) is 12.1 Å². The quantitative estimate of drug-likeness (QED) is 0.514. The first kappa shape index (κ1) is 17.9. The van der Waals surface area contributed by atoms with E-state index in [2.05, 4.69) is 5.32 Å². The third kappa shape index (κ3) is 4.40. The SMILES string of the molecule is COc1cc([N+](=O)[O-])ccc1NC(=O)Oc1ccc(-c2ccccc2)cc1. The number of methoxy groups -OCH3 is 1. The van der Waals surface area contributed by atoms with Crippen LogP contribution in [0.5, 0.6) is 11.5 Å². The smallest absolute Gasteiger partial charge is 0.417 e. The van der Waals surface area contributed by atoms with E-state index in [1.807, 2.05) is 42.5 Å². The molecule has 1 N–H and O–H groups in total. The fraction of sp³-hybridized carbons (Fsp3) is 0.0500. The van der Waals surface area contributed by atoms with Crippen LogP contribution in [0.4, 0.5) is 16.2 Å². The number of nitro benzene ring substituents is 1. The van der Waals surface area contributed by atoms with Gasteiger partial charge in [-0.15, -0.1) is 0 Å². The van der Waals surface area contributed by atoms with Gasteiger partial charge in [-0.1, -0.05) is 42.5 Å². The molecular formula is C20H16N2O5. The summed E-state index contributed by atoms with van der Waals surface area (Å²) in [6.07, 6.45) is -0.727. The summed E-state index contributed by atoms with van der Waals surface area (Å²) in [5, 5.41) is 13.3.